The van der Waals surface area contributed by atoms with Gasteiger partial charge in [-0.05, 0) is 36.4 Å². The molecule has 0 aromatic heterocycles. The average Bonchev–Trinajstić information content (AvgIpc) is 2.77. The molecule has 3 rings (SSSR count). The topological polar surface area (TPSA) is 66.6 Å². The van der Waals surface area contributed by atoms with Crippen LogP contribution < -0.4 is 31.2 Å². The lowest BCUT2D eigenvalue weighted by molar-refractivity contribution is 0.406. The quantitative estimate of drug-likeness (QED) is 0.336. The van der Waals surface area contributed by atoms with E-state index in [-0.39, 0.29) is 6.17 Å². The molecule has 0 fully saturated rings. The zero-order valence-corrected chi connectivity index (χ0v) is 16.3. The maximum atomic E-state index is 5.58. The van der Waals surface area contributed by atoms with Gasteiger partial charge in [-0.2, -0.15) is 5.53 Å². The molecule has 6 nitrogen and oxygen atoms in total. The van der Waals surface area contributed by atoms with E-state index < -0.39 is 0 Å². The molecule has 3 aromatic rings. The average molecular weight is 378 g/mol. The highest BCUT2D eigenvalue weighted by Gasteiger charge is 2.18. The fourth-order valence-corrected chi connectivity index (χ4v) is 3.12. The van der Waals surface area contributed by atoms with E-state index in [2.05, 4.69) is 39.9 Å². The van der Waals surface area contributed by atoms with Crippen molar-refractivity contribution in [3.8, 4) is 22.6 Å². The summed E-state index contributed by atoms with van der Waals surface area (Å²) < 4.78 is 11.1. The highest BCUT2D eigenvalue weighted by Crippen LogP contribution is 2.35. The number of rotatable bonds is 9. The second kappa shape index (κ2) is 9.75. The molecule has 0 spiro atoms. The number of para-hydroxylation sites is 3. The van der Waals surface area contributed by atoms with Crippen LogP contribution in [-0.4, -0.2) is 21.3 Å². The van der Waals surface area contributed by atoms with Gasteiger partial charge >= 0.3 is 0 Å². The third-order valence-electron chi connectivity index (χ3n) is 4.42. The summed E-state index contributed by atoms with van der Waals surface area (Å²) in [5.74, 6) is 1.60. The predicted molar refractivity (Wildman–Crippen MR) is 113 cm³/mol. The molecule has 0 radical (unpaired) electrons. The third kappa shape index (κ3) is 4.43. The normalized spacial score (nSPS) is 11.7. The van der Waals surface area contributed by atoms with Crippen molar-refractivity contribution >= 4 is 5.69 Å². The monoisotopic (exact) mass is 378 g/mol. The number of hydrogen-bond donors (Lipinski definition) is 4. The van der Waals surface area contributed by atoms with Crippen molar-refractivity contribution in [2.24, 2.45) is 0 Å². The van der Waals surface area contributed by atoms with Crippen LogP contribution in [0.2, 0.25) is 0 Å². The number of ether oxygens (including phenoxy) is 2. The van der Waals surface area contributed by atoms with Crippen LogP contribution in [0.15, 0.2) is 72.8 Å². The van der Waals surface area contributed by atoms with Crippen LogP contribution in [0, 0.1) is 0 Å². The van der Waals surface area contributed by atoms with Crippen molar-refractivity contribution in [2.75, 3.05) is 26.6 Å². The largest absolute Gasteiger partial charge is 0.496 e. The van der Waals surface area contributed by atoms with Gasteiger partial charge in [0, 0.05) is 5.56 Å². The van der Waals surface area contributed by atoms with Gasteiger partial charge in [-0.15, -0.1) is 0 Å². The molecule has 4 N–H and O–H groups in total. The first-order valence-electron chi connectivity index (χ1n) is 9.07. The zero-order chi connectivity index (χ0) is 19.8. The van der Waals surface area contributed by atoms with Gasteiger partial charge in [-0.25, -0.2) is 10.9 Å². The van der Waals surface area contributed by atoms with Crippen molar-refractivity contribution in [1.29, 1.82) is 0 Å². The Kier molecular flexibility index (Phi) is 6.86. The van der Waals surface area contributed by atoms with Crippen molar-refractivity contribution in [2.45, 2.75) is 6.17 Å². The number of methoxy groups -OCH3 is 2. The lowest BCUT2D eigenvalue weighted by Crippen LogP contribution is -2.45. The van der Waals surface area contributed by atoms with Crippen molar-refractivity contribution < 1.29 is 9.47 Å². The summed E-state index contributed by atoms with van der Waals surface area (Å²) in [6.07, 6.45) is -0.245. The first-order chi connectivity index (χ1) is 13.8. The van der Waals surface area contributed by atoms with Crippen LogP contribution in [0.4, 0.5) is 5.69 Å². The van der Waals surface area contributed by atoms with Gasteiger partial charge in [0.2, 0.25) is 0 Å². The zero-order valence-electron chi connectivity index (χ0n) is 16.3. The van der Waals surface area contributed by atoms with E-state index in [0.29, 0.717) is 0 Å². The molecule has 0 aliphatic rings. The molecule has 1 atom stereocenters. The second-order valence-electron chi connectivity index (χ2n) is 6.08. The Labute approximate surface area is 165 Å². The van der Waals surface area contributed by atoms with Crippen LogP contribution in [0.1, 0.15) is 11.7 Å². The molecule has 3 aromatic carbocycles. The fraction of sp³-hybridized carbons (Fsp3) is 0.182. The van der Waals surface area contributed by atoms with Crippen LogP contribution >= 0.6 is 0 Å². The Morgan fingerprint density at radius 1 is 0.714 bits per heavy atom. The van der Waals surface area contributed by atoms with Gasteiger partial charge in [-0.1, -0.05) is 54.6 Å². The Morgan fingerprint density at radius 3 is 2.04 bits per heavy atom. The minimum absolute atomic E-state index is 0.245. The molecule has 0 aliphatic carbocycles. The predicted octanol–water partition coefficient (Wildman–Crippen LogP) is 3.71. The Morgan fingerprint density at radius 2 is 1.32 bits per heavy atom. The second-order valence-corrected chi connectivity index (χ2v) is 6.08. The Hall–Kier alpha value is -3.06. The van der Waals surface area contributed by atoms with Crippen LogP contribution in [0.25, 0.3) is 11.1 Å². The van der Waals surface area contributed by atoms with E-state index in [4.69, 9.17) is 9.47 Å². The minimum Gasteiger partial charge on any atom is -0.496 e. The minimum atomic E-state index is -0.245. The van der Waals surface area contributed by atoms with E-state index in [9.17, 15) is 0 Å². The van der Waals surface area contributed by atoms with Gasteiger partial charge in [0.15, 0.2) is 0 Å². The van der Waals surface area contributed by atoms with Crippen molar-refractivity contribution in [1.82, 2.24) is 16.4 Å². The van der Waals surface area contributed by atoms with E-state index in [1.54, 1.807) is 21.3 Å². The Bertz CT molecular complexity index is 901. The summed E-state index contributed by atoms with van der Waals surface area (Å²) >= 11 is 0. The third-order valence-corrected chi connectivity index (χ3v) is 4.42. The van der Waals surface area contributed by atoms with Gasteiger partial charge in [0.25, 0.3) is 0 Å². The summed E-state index contributed by atoms with van der Waals surface area (Å²) in [5.41, 5.74) is 13.2. The number of nitrogens with one attached hydrogen (secondary N) is 4. The van der Waals surface area contributed by atoms with Crippen molar-refractivity contribution in [3.05, 3.63) is 78.4 Å². The van der Waals surface area contributed by atoms with Gasteiger partial charge < -0.3 is 14.8 Å². The van der Waals surface area contributed by atoms with E-state index in [0.717, 1.165) is 33.9 Å². The molecule has 0 saturated carbocycles. The standard InChI is InChI=1S/C22H26N4O2/c1-23-26-25-22(24-19-13-7-9-15-21(19)28-3)18-12-5-4-10-16(18)17-11-6-8-14-20(17)27-2/h4-15,22-26H,1-3H3. The Balaban J connectivity index is 2.04. The first-order valence-corrected chi connectivity index (χ1v) is 9.07. The molecule has 28 heavy (non-hydrogen) atoms. The summed E-state index contributed by atoms with van der Waals surface area (Å²) in [6, 6.07) is 24.0. The maximum Gasteiger partial charge on any atom is 0.142 e. The van der Waals surface area contributed by atoms with Crippen LogP contribution in [-0.2, 0) is 0 Å². The van der Waals surface area contributed by atoms with Crippen LogP contribution in [0.3, 0.4) is 0 Å². The molecule has 6 heteroatoms. The molecule has 0 bridgehead atoms. The molecule has 0 aliphatic heterocycles. The lowest BCUT2D eigenvalue weighted by atomic mass is 9.97. The number of hydrogen-bond acceptors (Lipinski definition) is 6. The van der Waals surface area contributed by atoms with E-state index in [1.165, 1.54) is 0 Å². The molecular weight excluding hydrogens is 352 g/mol. The fourth-order valence-electron chi connectivity index (χ4n) is 3.12. The van der Waals surface area contributed by atoms with Gasteiger partial charge in [0.1, 0.15) is 17.7 Å². The molecule has 0 heterocycles. The summed E-state index contributed by atoms with van der Waals surface area (Å²) in [4.78, 5) is 0. The summed E-state index contributed by atoms with van der Waals surface area (Å²) in [6.45, 7) is 0. The van der Waals surface area contributed by atoms with E-state index in [1.807, 2.05) is 54.6 Å². The first kappa shape index (κ1) is 19.7. The maximum absolute atomic E-state index is 5.58. The van der Waals surface area contributed by atoms with Crippen LogP contribution in [0.5, 0.6) is 11.5 Å². The van der Waals surface area contributed by atoms with Gasteiger partial charge in [-0.3, -0.25) is 0 Å². The van der Waals surface area contributed by atoms with Gasteiger partial charge in [0.05, 0.1) is 19.9 Å². The molecule has 0 saturated heterocycles. The summed E-state index contributed by atoms with van der Waals surface area (Å²) in [7, 11) is 5.16. The smallest absolute Gasteiger partial charge is 0.142 e. The lowest BCUT2D eigenvalue weighted by Gasteiger charge is -2.25. The SMILES string of the molecule is CNNNC(Nc1ccccc1OC)c1ccccc1-c1ccccc1OC. The molecule has 0 amide bonds. The number of anilines is 1. The highest BCUT2D eigenvalue weighted by molar-refractivity contribution is 5.74. The molecular formula is C22H26N4O2. The van der Waals surface area contributed by atoms with E-state index >= 15 is 0 Å². The van der Waals surface area contributed by atoms with Crippen molar-refractivity contribution in [3.63, 3.8) is 0 Å². The number of benzene rings is 3. The molecule has 1 unspecified atom stereocenters. The number of hydrazine groups is 2. The molecule has 146 valence electrons. The summed E-state index contributed by atoms with van der Waals surface area (Å²) in [5, 5.41) is 3.52. The highest BCUT2D eigenvalue weighted by atomic mass is 16.5.